The summed E-state index contributed by atoms with van der Waals surface area (Å²) in [6.45, 7) is 5.34. The van der Waals surface area contributed by atoms with Crippen molar-refractivity contribution in [3.05, 3.63) is 11.6 Å². The van der Waals surface area contributed by atoms with Crippen LogP contribution in [0.1, 0.15) is 71.6 Å². The minimum atomic E-state index is -1.15. The smallest absolute Gasteiger partial charge is 0.166 e. The van der Waals surface area contributed by atoms with E-state index in [0.29, 0.717) is 37.1 Å². The molecule has 4 rings (SSSR count). The predicted molar refractivity (Wildman–Crippen MR) is 111 cm³/mol. The molecule has 4 nitrogen and oxygen atoms in total. The molecular weight excluding hydrogens is 350 g/mol. The number of aliphatic hydroxyl groups is 2. The van der Waals surface area contributed by atoms with Crippen molar-refractivity contribution in [3.63, 3.8) is 0 Å². The topological polar surface area (TPSA) is 60.8 Å². The lowest BCUT2D eigenvalue weighted by Gasteiger charge is -2.58. The molecule has 4 heteroatoms. The van der Waals surface area contributed by atoms with Crippen molar-refractivity contribution in [2.45, 2.75) is 83.3 Å². The Morgan fingerprint density at radius 2 is 1.86 bits per heavy atom. The van der Waals surface area contributed by atoms with Gasteiger partial charge in [0.05, 0.1) is 6.10 Å². The summed E-state index contributed by atoms with van der Waals surface area (Å²) in [5, 5.41) is 21.8. The second kappa shape index (κ2) is 6.92. The third-order valence-electron chi connectivity index (χ3n) is 9.48. The van der Waals surface area contributed by atoms with Gasteiger partial charge >= 0.3 is 0 Å². The number of fused-ring (bicyclic) bond motifs is 5. The SMILES string of the molecule is CN(C)CCC(=O)[C@]1(O)CC[C@H]2[C@@H]3CC=C4C[C@@H](O)CC[C@]4(C)[C@H]3CC[C@@]21C. The lowest BCUT2D eigenvalue weighted by Crippen LogP contribution is -2.57. The normalized spacial score (nSPS) is 47.9. The zero-order chi connectivity index (χ0) is 20.3. The maximum absolute atomic E-state index is 13.1. The third-order valence-corrected chi connectivity index (χ3v) is 9.48. The molecule has 0 bridgehead atoms. The van der Waals surface area contributed by atoms with Crippen LogP contribution in [0.25, 0.3) is 0 Å². The molecule has 0 amide bonds. The lowest BCUT2D eigenvalue weighted by molar-refractivity contribution is -0.161. The lowest BCUT2D eigenvalue weighted by atomic mass is 9.46. The number of carbonyl (C=O) groups excluding carboxylic acids is 1. The zero-order valence-electron chi connectivity index (χ0n) is 18.2. The van der Waals surface area contributed by atoms with Crippen molar-refractivity contribution in [1.29, 1.82) is 0 Å². The van der Waals surface area contributed by atoms with Crippen LogP contribution in [0.5, 0.6) is 0 Å². The fraction of sp³-hybridized carbons (Fsp3) is 0.875. The Kier molecular flexibility index (Phi) is 5.08. The fourth-order valence-electron chi connectivity index (χ4n) is 7.65. The van der Waals surface area contributed by atoms with Crippen molar-refractivity contribution in [2.75, 3.05) is 20.6 Å². The molecule has 3 fully saturated rings. The highest BCUT2D eigenvalue weighted by atomic mass is 16.3. The first kappa shape index (κ1) is 20.6. The van der Waals surface area contributed by atoms with Crippen LogP contribution in [0.2, 0.25) is 0 Å². The van der Waals surface area contributed by atoms with Gasteiger partial charge in [-0.1, -0.05) is 25.5 Å². The standard InChI is InChI=1S/C24H39NO3/c1-22-11-7-17(26)15-16(22)5-6-18-19(22)8-12-23(2)20(18)9-13-24(23,28)21(27)10-14-25(3)4/h5,17-20,26,28H,6-15H2,1-4H3/t17-,18+,19-,20-,22-,23-,24+/m0/s1. The average Bonchev–Trinajstić information content (AvgIpc) is 2.92. The van der Waals surface area contributed by atoms with Crippen LogP contribution in [-0.4, -0.2) is 53.2 Å². The summed E-state index contributed by atoms with van der Waals surface area (Å²) in [7, 11) is 3.96. The molecular formula is C24H39NO3. The van der Waals surface area contributed by atoms with E-state index in [9.17, 15) is 15.0 Å². The number of rotatable bonds is 4. The van der Waals surface area contributed by atoms with Gasteiger partial charge in [-0.15, -0.1) is 0 Å². The second-order valence-electron chi connectivity index (χ2n) is 11.0. The van der Waals surface area contributed by atoms with E-state index < -0.39 is 5.60 Å². The molecule has 0 aliphatic heterocycles. The van der Waals surface area contributed by atoms with Crippen LogP contribution in [0.3, 0.4) is 0 Å². The van der Waals surface area contributed by atoms with Gasteiger partial charge in [0.2, 0.25) is 0 Å². The summed E-state index contributed by atoms with van der Waals surface area (Å²) in [5.41, 5.74) is 0.255. The highest BCUT2D eigenvalue weighted by molar-refractivity contribution is 5.88. The number of aliphatic hydroxyl groups excluding tert-OH is 1. The van der Waals surface area contributed by atoms with Crippen LogP contribution in [0.15, 0.2) is 11.6 Å². The minimum absolute atomic E-state index is 0.0590. The van der Waals surface area contributed by atoms with Gasteiger partial charge in [-0.3, -0.25) is 4.79 Å². The Morgan fingerprint density at radius 3 is 2.57 bits per heavy atom. The summed E-state index contributed by atoms with van der Waals surface area (Å²) in [6, 6.07) is 0. The van der Waals surface area contributed by atoms with E-state index in [1.807, 2.05) is 19.0 Å². The number of hydrogen-bond acceptors (Lipinski definition) is 4. The van der Waals surface area contributed by atoms with E-state index in [1.165, 1.54) is 5.57 Å². The molecule has 0 unspecified atom stereocenters. The van der Waals surface area contributed by atoms with Crippen molar-refractivity contribution >= 4 is 5.78 Å². The van der Waals surface area contributed by atoms with Crippen LogP contribution < -0.4 is 0 Å². The van der Waals surface area contributed by atoms with Gasteiger partial charge in [0.1, 0.15) is 5.60 Å². The molecule has 0 radical (unpaired) electrons. The molecule has 4 aliphatic rings. The average molecular weight is 390 g/mol. The Morgan fingerprint density at radius 1 is 1.14 bits per heavy atom. The number of allylic oxidation sites excluding steroid dienone is 1. The number of Topliss-reactive ketones (excluding diaryl/α,β-unsaturated/α-hetero) is 1. The van der Waals surface area contributed by atoms with Gasteiger partial charge in [0.25, 0.3) is 0 Å². The summed E-state index contributed by atoms with van der Waals surface area (Å²) in [4.78, 5) is 15.1. The molecule has 4 aliphatic carbocycles. The van der Waals surface area contributed by atoms with Crippen LogP contribution in [0.4, 0.5) is 0 Å². The molecule has 28 heavy (non-hydrogen) atoms. The van der Waals surface area contributed by atoms with E-state index in [4.69, 9.17) is 0 Å². The highest BCUT2D eigenvalue weighted by Crippen LogP contribution is 2.67. The summed E-state index contributed by atoms with van der Waals surface area (Å²) in [5.74, 6) is 1.69. The quantitative estimate of drug-likeness (QED) is 0.722. The fourth-order valence-corrected chi connectivity index (χ4v) is 7.65. The molecule has 0 aromatic carbocycles. The maximum atomic E-state index is 13.1. The van der Waals surface area contributed by atoms with Gasteiger partial charge in [-0.05, 0) is 88.6 Å². The molecule has 3 saturated carbocycles. The number of carbonyl (C=O) groups is 1. The Labute approximate surface area is 170 Å². The van der Waals surface area contributed by atoms with Gasteiger partial charge in [0, 0.05) is 18.4 Å². The molecule has 0 saturated heterocycles. The molecule has 158 valence electrons. The summed E-state index contributed by atoms with van der Waals surface area (Å²) < 4.78 is 0. The number of ketones is 1. The molecule has 0 heterocycles. The van der Waals surface area contributed by atoms with Crippen molar-refractivity contribution in [3.8, 4) is 0 Å². The Balaban J connectivity index is 1.59. The Hall–Kier alpha value is -0.710. The van der Waals surface area contributed by atoms with Gasteiger partial charge < -0.3 is 15.1 Å². The molecule has 0 spiro atoms. The van der Waals surface area contributed by atoms with Crippen LogP contribution in [0, 0.1) is 28.6 Å². The van der Waals surface area contributed by atoms with E-state index in [2.05, 4.69) is 19.9 Å². The third kappa shape index (κ3) is 2.86. The van der Waals surface area contributed by atoms with Crippen LogP contribution >= 0.6 is 0 Å². The zero-order valence-corrected chi connectivity index (χ0v) is 18.2. The van der Waals surface area contributed by atoms with Gasteiger partial charge in [0.15, 0.2) is 5.78 Å². The minimum Gasteiger partial charge on any atom is -0.393 e. The van der Waals surface area contributed by atoms with Gasteiger partial charge in [-0.2, -0.15) is 0 Å². The number of nitrogens with zero attached hydrogens (tertiary/aromatic N) is 1. The van der Waals surface area contributed by atoms with E-state index >= 15 is 0 Å². The highest BCUT2D eigenvalue weighted by Gasteiger charge is 2.65. The monoisotopic (exact) mass is 389 g/mol. The number of hydrogen-bond donors (Lipinski definition) is 2. The van der Waals surface area contributed by atoms with Gasteiger partial charge in [-0.25, -0.2) is 0 Å². The molecule has 0 aromatic heterocycles. The van der Waals surface area contributed by atoms with E-state index in [-0.39, 0.29) is 22.7 Å². The van der Waals surface area contributed by atoms with Crippen molar-refractivity contribution in [1.82, 2.24) is 4.90 Å². The largest absolute Gasteiger partial charge is 0.393 e. The van der Waals surface area contributed by atoms with Crippen molar-refractivity contribution in [2.24, 2.45) is 28.6 Å². The molecule has 0 aromatic rings. The first-order chi connectivity index (χ1) is 13.1. The first-order valence-electron chi connectivity index (χ1n) is 11.4. The van der Waals surface area contributed by atoms with Crippen molar-refractivity contribution < 1.29 is 15.0 Å². The summed E-state index contributed by atoms with van der Waals surface area (Å²) >= 11 is 0. The maximum Gasteiger partial charge on any atom is 0.166 e. The van der Waals surface area contributed by atoms with Crippen LogP contribution in [-0.2, 0) is 4.79 Å². The second-order valence-corrected chi connectivity index (χ2v) is 11.0. The predicted octanol–water partition coefficient (Wildman–Crippen LogP) is 3.56. The van der Waals surface area contributed by atoms with E-state index in [0.717, 1.165) is 44.9 Å². The molecule has 7 atom stereocenters. The van der Waals surface area contributed by atoms with E-state index in [1.54, 1.807) is 0 Å². The first-order valence-corrected chi connectivity index (χ1v) is 11.4. The Bertz CT molecular complexity index is 673. The molecule has 2 N–H and O–H groups in total. The summed E-state index contributed by atoms with van der Waals surface area (Å²) in [6.07, 6.45) is 10.2.